The van der Waals surface area contributed by atoms with Crippen LogP contribution in [-0.4, -0.2) is 47.3 Å². The molecule has 1 fully saturated rings. The lowest BCUT2D eigenvalue weighted by molar-refractivity contribution is -0.150. The van der Waals surface area contributed by atoms with Gasteiger partial charge in [0.1, 0.15) is 11.9 Å². The molecule has 7 heteroatoms. The maximum atomic E-state index is 13.9. The summed E-state index contributed by atoms with van der Waals surface area (Å²) in [5, 5.41) is 8.03. The summed E-state index contributed by atoms with van der Waals surface area (Å²) in [4.78, 5) is 14.2. The van der Waals surface area contributed by atoms with E-state index in [4.69, 9.17) is 9.15 Å². The Morgan fingerprint density at radius 2 is 2.12 bits per heavy atom. The molecule has 1 aliphatic heterocycles. The van der Waals surface area contributed by atoms with E-state index in [0.29, 0.717) is 25.4 Å². The fraction of sp³-hybridized carbons (Fsp3) is 0.500. The van der Waals surface area contributed by atoms with Gasteiger partial charge in [-0.15, -0.1) is 10.2 Å². The quantitative estimate of drug-likeness (QED) is 0.804. The van der Waals surface area contributed by atoms with Gasteiger partial charge in [-0.2, -0.15) is 0 Å². The number of carbonyl (C=O) groups excluding carboxylic acids is 1. The van der Waals surface area contributed by atoms with E-state index in [-0.39, 0.29) is 17.4 Å². The minimum atomic E-state index is -0.420. The van der Waals surface area contributed by atoms with Crippen molar-refractivity contribution in [1.82, 2.24) is 15.1 Å². The number of aromatic nitrogens is 2. The zero-order valence-electron chi connectivity index (χ0n) is 14.7. The van der Waals surface area contributed by atoms with Gasteiger partial charge in [-0.3, -0.25) is 4.79 Å². The number of benzene rings is 1. The predicted octanol–water partition coefficient (Wildman–Crippen LogP) is 2.79. The minimum Gasteiger partial charge on any atom is -0.420 e. The number of carbonyl (C=O) groups is 1. The molecular weight excluding hydrogens is 325 g/mol. The molecule has 1 aromatic carbocycles. The van der Waals surface area contributed by atoms with Crippen LogP contribution in [0, 0.1) is 5.82 Å². The molecule has 0 bridgehead atoms. The maximum Gasteiger partial charge on any atom is 0.251 e. The Hall–Kier alpha value is -2.28. The normalized spacial score (nSPS) is 17.2. The first kappa shape index (κ1) is 17.5. The molecule has 1 unspecified atom stereocenters. The van der Waals surface area contributed by atoms with Crippen molar-refractivity contribution in [3.8, 4) is 11.5 Å². The third kappa shape index (κ3) is 3.28. The van der Waals surface area contributed by atoms with E-state index < -0.39 is 17.3 Å². The van der Waals surface area contributed by atoms with Crippen LogP contribution in [0.3, 0.4) is 0 Å². The van der Waals surface area contributed by atoms with E-state index in [2.05, 4.69) is 10.2 Å². The fourth-order valence-electron chi connectivity index (χ4n) is 3.11. The SMILES string of the molecule is CCCC(OC)C(=O)N1CC(C)(c2nnc(-c3ccccc3F)o2)C1. The molecular formula is C18H22FN3O3. The van der Waals surface area contributed by atoms with Crippen LogP contribution in [0.2, 0.25) is 0 Å². The highest BCUT2D eigenvalue weighted by Gasteiger charge is 2.48. The second-order valence-corrected chi connectivity index (χ2v) is 6.66. The van der Waals surface area contributed by atoms with Crippen molar-refractivity contribution < 1.29 is 18.3 Å². The zero-order chi connectivity index (χ0) is 18.0. The van der Waals surface area contributed by atoms with Crippen molar-refractivity contribution in [3.05, 3.63) is 36.0 Å². The topological polar surface area (TPSA) is 68.5 Å². The van der Waals surface area contributed by atoms with E-state index in [1.807, 2.05) is 13.8 Å². The lowest BCUT2D eigenvalue weighted by Crippen LogP contribution is -2.61. The molecule has 3 rings (SSSR count). The van der Waals surface area contributed by atoms with Crippen LogP contribution in [0.5, 0.6) is 0 Å². The number of halogens is 1. The summed E-state index contributed by atoms with van der Waals surface area (Å²) >= 11 is 0. The summed E-state index contributed by atoms with van der Waals surface area (Å²) < 4.78 is 24.8. The molecule has 1 amide bonds. The summed E-state index contributed by atoms with van der Waals surface area (Å²) in [6.45, 7) is 4.93. The maximum absolute atomic E-state index is 13.9. The molecule has 0 saturated carbocycles. The zero-order valence-corrected chi connectivity index (χ0v) is 14.7. The lowest BCUT2D eigenvalue weighted by atomic mass is 9.81. The monoisotopic (exact) mass is 347 g/mol. The number of hydrogen-bond donors (Lipinski definition) is 0. The Balaban J connectivity index is 1.70. The Labute approximate surface area is 146 Å². The summed E-state index contributed by atoms with van der Waals surface area (Å²) in [6, 6.07) is 6.27. The first-order chi connectivity index (χ1) is 12.0. The average molecular weight is 347 g/mol. The fourth-order valence-corrected chi connectivity index (χ4v) is 3.11. The van der Waals surface area contributed by atoms with Crippen molar-refractivity contribution in [3.63, 3.8) is 0 Å². The molecule has 2 aromatic rings. The van der Waals surface area contributed by atoms with Crippen molar-refractivity contribution in [2.45, 2.75) is 38.2 Å². The lowest BCUT2D eigenvalue weighted by Gasteiger charge is -2.46. The van der Waals surface area contributed by atoms with E-state index in [0.717, 1.165) is 6.42 Å². The first-order valence-corrected chi connectivity index (χ1v) is 8.39. The molecule has 0 spiro atoms. The van der Waals surface area contributed by atoms with Crippen LogP contribution < -0.4 is 0 Å². The summed E-state index contributed by atoms with van der Waals surface area (Å²) in [5.41, 5.74) is -0.143. The van der Waals surface area contributed by atoms with Gasteiger partial charge in [-0.1, -0.05) is 25.5 Å². The number of ether oxygens (including phenoxy) is 1. The minimum absolute atomic E-state index is 0.0179. The van der Waals surface area contributed by atoms with Gasteiger partial charge in [0.15, 0.2) is 0 Å². The van der Waals surface area contributed by atoms with Gasteiger partial charge in [0.05, 0.1) is 11.0 Å². The molecule has 1 aromatic heterocycles. The summed E-state index contributed by atoms with van der Waals surface area (Å²) in [5.74, 6) is 0.144. The van der Waals surface area contributed by atoms with Crippen molar-refractivity contribution in [1.29, 1.82) is 0 Å². The standard InChI is InChI=1S/C18H22FN3O3/c1-4-7-14(24-3)16(23)22-10-18(2,11-22)17-21-20-15(25-17)12-8-5-6-9-13(12)19/h5-6,8-9,14H,4,7,10-11H2,1-3H3. The average Bonchev–Trinajstić information content (AvgIpc) is 3.07. The number of likely N-dealkylation sites (tertiary alicyclic amines) is 1. The summed E-state index contributed by atoms with van der Waals surface area (Å²) in [6.07, 6.45) is 1.16. The first-order valence-electron chi connectivity index (χ1n) is 8.39. The van der Waals surface area contributed by atoms with Gasteiger partial charge in [0.25, 0.3) is 11.8 Å². The number of nitrogens with zero attached hydrogens (tertiary/aromatic N) is 3. The number of hydrogen-bond acceptors (Lipinski definition) is 5. The second kappa shape index (κ2) is 6.92. The summed E-state index contributed by atoms with van der Waals surface area (Å²) in [7, 11) is 1.55. The van der Waals surface area contributed by atoms with Crippen LogP contribution in [0.1, 0.15) is 32.6 Å². The van der Waals surface area contributed by atoms with Gasteiger partial charge in [0.2, 0.25) is 5.89 Å². The van der Waals surface area contributed by atoms with E-state index in [1.54, 1.807) is 30.2 Å². The Kier molecular flexibility index (Phi) is 4.85. The Bertz CT molecular complexity index is 756. The highest BCUT2D eigenvalue weighted by molar-refractivity contribution is 5.82. The van der Waals surface area contributed by atoms with Gasteiger partial charge in [-0.25, -0.2) is 4.39 Å². The smallest absolute Gasteiger partial charge is 0.251 e. The molecule has 25 heavy (non-hydrogen) atoms. The van der Waals surface area contributed by atoms with Gasteiger partial charge >= 0.3 is 0 Å². The van der Waals surface area contributed by atoms with Gasteiger partial charge in [0, 0.05) is 20.2 Å². The number of methoxy groups -OCH3 is 1. The van der Waals surface area contributed by atoms with Crippen LogP contribution >= 0.6 is 0 Å². The molecule has 6 nitrogen and oxygen atoms in total. The van der Waals surface area contributed by atoms with E-state index >= 15 is 0 Å². The van der Waals surface area contributed by atoms with Crippen molar-refractivity contribution in [2.24, 2.45) is 0 Å². The third-order valence-corrected chi connectivity index (χ3v) is 4.55. The molecule has 134 valence electrons. The van der Waals surface area contributed by atoms with Crippen LogP contribution in [0.15, 0.2) is 28.7 Å². The van der Waals surface area contributed by atoms with Gasteiger partial charge < -0.3 is 14.1 Å². The number of rotatable bonds is 6. The van der Waals surface area contributed by atoms with Crippen LogP contribution in [-0.2, 0) is 14.9 Å². The van der Waals surface area contributed by atoms with Crippen LogP contribution in [0.25, 0.3) is 11.5 Å². The van der Waals surface area contributed by atoms with E-state index in [9.17, 15) is 9.18 Å². The molecule has 0 radical (unpaired) electrons. The van der Waals surface area contributed by atoms with Crippen molar-refractivity contribution in [2.75, 3.05) is 20.2 Å². The Morgan fingerprint density at radius 1 is 1.40 bits per heavy atom. The second-order valence-electron chi connectivity index (χ2n) is 6.66. The van der Waals surface area contributed by atoms with E-state index in [1.165, 1.54) is 6.07 Å². The molecule has 2 heterocycles. The third-order valence-electron chi connectivity index (χ3n) is 4.55. The van der Waals surface area contributed by atoms with Gasteiger partial charge in [-0.05, 0) is 25.5 Å². The van der Waals surface area contributed by atoms with Crippen molar-refractivity contribution >= 4 is 5.91 Å². The highest BCUT2D eigenvalue weighted by atomic mass is 19.1. The highest BCUT2D eigenvalue weighted by Crippen LogP contribution is 2.35. The number of amides is 1. The molecule has 1 atom stereocenters. The molecule has 1 aliphatic rings. The molecule has 1 saturated heterocycles. The Morgan fingerprint density at radius 3 is 2.76 bits per heavy atom. The predicted molar refractivity (Wildman–Crippen MR) is 89.3 cm³/mol. The largest absolute Gasteiger partial charge is 0.420 e. The molecule has 0 aliphatic carbocycles. The van der Waals surface area contributed by atoms with Crippen LogP contribution in [0.4, 0.5) is 4.39 Å². The molecule has 0 N–H and O–H groups in total.